The van der Waals surface area contributed by atoms with E-state index in [1.807, 2.05) is 0 Å². The average molecular weight is 374 g/mol. The number of alkyl halides is 6. The van der Waals surface area contributed by atoms with Crippen molar-refractivity contribution in [3.8, 4) is 0 Å². The van der Waals surface area contributed by atoms with Crippen molar-refractivity contribution in [2.45, 2.75) is 48.2 Å². The summed E-state index contributed by atoms with van der Waals surface area (Å²) in [6.45, 7) is 2.50. The van der Waals surface area contributed by atoms with Crippen molar-refractivity contribution in [3.05, 3.63) is 11.1 Å². The lowest BCUT2D eigenvalue weighted by Gasteiger charge is -2.37. The third-order valence-corrected chi connectivity index (χ3v) is 8.92. The van der Waals surface area contributed by atoms with Crippen molar-refractivity contribution < 1.29 is 43.2 Å². The lowest BCUT2D eigenvalue weighted by atomic mass is 9.93. The van der Waals surface area contributed by atoms with Gasteiger partial charge in [0.05, 0.1) is 0 Å². The Morgan fingerprint density at radius 3 is 1.45 bits per heavy atom. The molecule has 4 nitrogen and oxygen atoms in total. The van der Waals surface area contributed by atoms with Crippen LogP contribution in [0.15, 0.2) is 11.1 Å². The lowest BCUT2D eigenvalue weighted by molar-refractivity contribution is -0.0496. The average Bonchev–Trinajstić information content (AvgIpc) is 2.29. The smallest absolute Gasteiger partial charge is 0.218 e. The summed E-state index contributed by atoms with van der Waals surface area (Å²) in [5.41, 5.74) is -12.0. The Bertz CT molecular complexity index is 653. The largest absolute Gasteiger partial charge is 0.498 e. The standard InChI is InChI=1S/C10H12F6O4S2/c1-6-3-4-8(5-7(6)2,21(17,18)9(11,12)13)22(19,20)10(14,15)16/h3-5H2,1-2H3. The fourth-order valence-electron chi connectivity index (χ4n) is 2.26. The molecular formula is C10H12F6O4S2. The van der Waals surface area contributed by atoms with Gasteiger partial charge < -0.3 is 0 Å². The van der Waals surface area contributed by atoms with Gasteiger partial charge in [0.15, 0.2) is 4.08 Å². The zero-order valence-electron chi connectivity index (χ0n) is 11.3. The van der Waals surface area contributed by atoms with E-state index in [9.17, 15) is 43.2 Å². The Hall–Kier alpha value is -0.780. The van der Waals surface area contributed by atoms with E-state index >= 15 is 0 Å². The van der Waals surface area contributed by atoms with E-state index in [1.54, 1.807) is 0 Å². The molecule has 0 saturated heterocycles. The van der Waals surface area contributed by atoms with Crippen molar-refractivity contribution in [2.24, 2.45) is 0 Å². The Balaban J connectivity index is 3.80. The maximum Gasteiger partial charge on any atom is 0.498 e. The molecule has 130 valence electrons. The van der Waals surface area contributed by atoms with Crippen LogP contribution in [0.2, 0.25) is 0 Å². The van der Waals surface area contributed by atoms with Gasteiger partial charge in [0, 0.05) is 6.42 Å². The summed E-state index contributed by atoms with van der Waals surface area (Å²) in [6.07, 6.45) is -3.14. The Labute approximate surface area is 123 Å². The van der Waals surface area contributed by atoms with Crippen molar-refractivity contribution in [1.29, 1.82) is 0 Å². The highest BCUT2D eigenvalue weighted by Gasteiger charge is 2.72. The highest BCUT2D eigenvalue weighted by Crippen LogP contribution is 2.51. The molecule has 0 heterocycles. The monoisotopic (exact) mass is 374 g/mol. The van der Waals surface area contributed by atoms with Crippen molar-refractivity contribution in [1.82, 2.24) is 0 Å². The van der Waals surface area contributed by atoms with Gasteiger partial charge in [-0.3, -0.25) is 0 Å². The summed E-state index contributed by atoms with van der Waals surface area (Å²) in [7, 11) is -13.2. The summed E-state index contributed by atoms with van der Waals surface area (Å²) in [5.74, 6) is 0. The predicted octanol–water partition coefficient (Wildman–Crippen LogP) is 3.07. The summed E-state index contributed by atoms with van der Waals surface area (Å²) in [4.78, 5) is 0. The topological polar surface area (TPSA) is 68.3 Å². The Morgan fingerprint density at radius 1 is 0.818 bits per heavy atom. The zero-order chi connectivity index (χ0) is 17.8. The van der Waals surface area contributed by atoms with Crippen LogP contribution >= 0.6 is 0 Å². The second-order valence-electron chi connectivity index (χ2n) is 5.05. The summed E-state index contributed by atoms with van der Waals surface area (Å²) < 4.78 is 119. The van der Waals surface area contributed by atoms with Gasteiger partial charge in [-0.15, -0.1) is 0 Å². The predicted molar refractivity (Wildman–Crippen MR) is 64.9 cm³/mol. The van der Waals surface area contributed by atoms with Gasteiger partial charge in [0.2, 0.25) is 0 Å². The first-order chi connectivity index (χ1) is 9.51. The van der Waals surface area contributed by atoms with Gasteiger partial charge in [-0.25, -0.2) is 16.8 Å². The molecule has 0 bridgehead atoms. The van der Waals surface area contributed by atoms with Crippen LogP contribution < -0.4 is 0 Å². The minimum atomic E-state index is -6.60. The molecule has 0 radical (unpaired) electrons. The molecular weight excluding hydrogens is 362 g/mol. The lowest BCUT2D eigenvalue weighted by Crippen LogP contribution is -2.57. The molecule has 1 aliphatic carbocycles. The van der Waals surface area contributed by atoms with E-state index in [0.717, 1.165) is 6.92 Å². The van der Waals surface area contributed by atoms with Gasteiger partial charge in [-0.1, -0.05) is 11.1 Å². The molecule has 1 aliphatic rings. The zero-order valence-corrected chi connectivity index (χ0v) is 13.0. The molecule has 0 aliphatic heterocycles. The third kappa shape index (κ3) is 2.53. The Morgan fingerprint density at radius 2 is 1.18 bits per heavy atom. The minimum absolute atomic E-state index is 0.119. The van der Waals surface area contributed by atoms with Crippen LogP contribution in [0.1, 0.15) is 33.1 Å². The fraction of sp³-hybridized carbons (Fsp3) is 0.800. The van der Waals surface area contributed by atoms with E-state index in [0.29, 0.717) is 5.57 Å². The molecule has 0 aromatic rings. The summed E-state index contributed by atoms with van der Waals surface area (Å²) in [6, 6.07) is 0. The molecule has 0 aromatic heterocycles. The normalized spacial score (nSPS) is 21.1. The third-order valence-electron chi connectivity index (χ3n) is 3.73. The number of hydrogen-bond acceptors (Lipinski definition) is 4. The molecule has 12 heteroatoms. The molecule has 22 heavy (non-hydrogen) atoms. The molecule has 0 fully saturated rings. The molecule has 0 atom stereocenters. The maximum absolute atomic E-state index is 12.8. The number of hydrogen-bond donors (Lipinski definition) is 0. The van der Waals surface area contributed by atoms with Crippen LogP contribution in [0.5, 0.6) is 0 Å². The van der Waals surface area contributed by atoms with Gasteiger partial charge in [-0.05, 0) is 26.7 Å². The van der Waals surface area contributed by atoms with Crippen molar-refractivity contribution in [3.63, 3.8) is 0 Å². The van der Waals surface area contributed by atoms with Gasteiger partial charge >= 0.3 is 11.0 Å². The van der Waals surface area contributed by atoms with Gasteiger partial charge in [0.25, 0.3) is 19.7 Å². The van der Waals surface area contributed by atoms with Crippen LogP contribution in [-0.2, 0) is 19.7 Å². The highest BCUT2D eigenvalue weighted by molar-refractivity contribution is 8.11. The maximum atomic E-state index is 12.8. The number of allylic oxidation sites excluding steroid dienone is 2. The van der Waals surface area contributed by atoms with E-state index in [4.69, 9.17) is 0 Å². The molecule has 0 saturated carbocycles. The van der Waals surface area contributed by atoms with E-state index in [2.05, 4.69) is 0 Å². The van der Waals surface area contributed by atoms with E-state index < -0.39 is 54.0 Å². The van der Waals surface area contributed by atoms with Crippen LogP contribution in [0, 0.1) is 0 Å². The van der Waals surface area contributed by atoms with E-state index in [1.165, 1.54) is 6.92 Å². The minimum Gasteiger partial charge on any atom is -0.218 e. The SMILES string of the molecule is CC1=C(C)CC(S(=O)(=O)C(F)(F)F)(S(=O)(=O)C(F)(F)F)CC1. The summed E-state index contributed by atoms with van der Waals surface area (Å²) >= 11 is 0. The van der Waals surface area contributed by atoms with Crippen LogP contribution in [0.4, 0.5) is 26.3 Å². The van der Waals surface area contributed by atoms with Crippen LogP contribution in [-0.4, -0.2) is 31.9 Å². The number of halogens is 6. The quantitative estimate of drug-likeness (QED) is 0.550. The molecule has 0 N–H and O–H groups in total. The van der Waals surface area contributed by atoms with Gasteiger partial charge in [-0.2, -0.15) is 26.3 Å². The first-order valence-corrected chi connectivity index (χ1v) is 8.75. The Kier molecular flexibility index (Phi) is 4.48. The molecule has 0 amide bonds. The number of rotatable bonds is 2. The van der Waals surface area contributed by atoms with E-state index in [-0.39, 0.29) is 5.57 Å². The molecule has 0 aromatic carbocycles. The second-order valence-corrected chi connectivity index (χ2v) is 9.81. The summed E-state index contributed by atoms with van der Waals surface area (Å²) in [5, 5.41) is 0. The second kappa shape index (κ2) is 5.11. The van der Waals surface area contributed by atoms with Crippen LogP contribution in [0.25, 0.3) is 0 Å². The molecule has 0 spiro atoms. The van der Waals surface area contributed by atoms with Crippen molar-refractivity contribution in [2.75, 3.05) is 0 Å². The first-order valence-electron chi connectivity index (χ1n) is 5.78. The number of sulfone groups is 2. The van der Waals surface area contributed by atoms with Crippen LogP contribution in [0.3, 0.4) is 0 Å². The first kappa shape index (κ1) is 19.3. The highest BCUT2D eigenvalue weighted by atomic mass is 32.3. The van der Waals surface area contributed by atoms with Gasteiger partial charge in [0.1, 0.15) is 0 Å². The molecule has 0 unspecified atom stereocenters. The fourth-order valence-corrected chi connectivity index (χ4v) is 6.38. The molecule has 1 rings (SSSR count). The van der Waals surface area contributed by atoms with Crippen molar-refractivity contribution >= 4 is 19.7 Å².